The molecule has 0 aliphatic heterocycles. The number of nitrogens with one attached hydrogen (secondary N) is 2. The lowest BCUT2D eigenvalue weighted by Crippen LogP contribution is -2.33. The Labute approximate surface area is 177 Å². The molecule has 6 nitrogen and oxygen atoms in total. The van der Waals surface area contributed by atoms with Gasteiger partial charge in [0.15, 0.2) is 0 Å². The fourth-order valence-electron chi connectivity index (χ4n) is 2.89. The minimum absolute atomic E-state index is 0.00806. The third-order valence-corrected chi connectivity index (χ3v) is 6.30. The molecule has 2 rings (SSSR count). The van der Waals surface area contributed by atoms with Crippen LogP contribution in [0.3, 0.4) is 0 Å². The zero-order valence-electron chi connectivity index (χ0n) is 17.2. The maximum absolute atomic E-state index is 12.9. The highest BCUT2D eigenvalue weighted by molar-refractivity contribution is 7.89. The summed E-state index contributed by atoms with van der Waals surface area (Å²) in [5.74, 6) is 0.382. The molecule has 2 N–H and O–H groups in total. The quantitative estimate of drug-likeness (QED) is 0.648. The fourth-order valence-corrected chi connectivity index (χ4v) is 4.37. The van der Waals surface area contributed by atoms with Crippen LogP contribution in [0.1, 0.15) is 49.7 Å². The Hall–Kier alpha value is -2.09. The lowest BCUT2D eigenvalue weighted by atomic mass is 9.95. The molecule has 29 heavy (non-hydrogen) atoms. The van der Waals surface area contributed by atoms with Gasteiger partial charge in [-0.1, -0.05) is 37.6 Å². The minimum atomic E-state index is -3.74. The van der Waals surface area contributed by atoms with E-state index < -0.39 is 15.9 Å². The van der Waals surface area contributed by atoms with Gasteiger partial charge >= 0.3 is 0 Å². The van der Waals surface area contributed by atoms with Gasteiger partial charge in [-0.2, -0.15) is 0 Å². The van der Waals surface area contributed by atoms with Crippen LogP contribution >= 0.6 is 11.6 Å². The van der Waals surface area contributed by atoms with Crippen molar-refractivity contribution in [2.24, 2.45) is 5.92 Å². The molecule has 1 unspecified atom stereocenters. The van der Waals surface area contributed by atoms with Crippen LogP contribution in [0.15, 0.2) is 47.4 Å². The van der Waals surface area contributed by atoms with Crippen LogP contribution in [0.2, 0.25) is 5.02 Å². The van der Waals surface area contributed by atoms with Gasteiger partial charge in [-0.15, -0.1) is 0 Å². The van der Waals surface area contributed by atoms with Crippen LogP contribution in [-0.4, -0.2) is 27.5 Å². The summed E-state index contributed by atoms with van der Waals surface area (Å²) in [5, 5.41) is 3.15. The van der Waals surface area contributed by atoms with Gasteiger partial charge in [-0.05, 0) is 55.7 Å². The number of benzene rings is 2. The van der Waals surface area contributed by atoms with E-state index in [1.807, 2.05) is 38.1 Å². The molecule has 0 spiro atoms. The Morgan fingerprint density at radius 3 is 2.17 bits per heavy atom. The second-order valence-corrected chi connectivity index (χ2v) is 9.51. The van der Waals surface area contributed by atoms with E-state index in [-0.39, 0.29) is 33.5 Å². The monoisotopic (exact) mass is 438 g/mol. The lowest BCUT2D eigenvalue weighted by Gasteiger charge is -2.23. The molecule has 158 valence electrons. The predicted octanol–water partition coefficient (Wildman–Crippen LogP) is 4.16. The average molecular weight is 439 g/mol. The molecule has 0 bridgehead atoms. The summed E-state index contributed by atoms with van der Waals surface area (Å²) >= 11 is 6.20. The molecule has 0 aromatic heterocycles. The summed E-state index contributed by atoms with van der Waals surface area (Å²) < 4.78 is 32.6. The van der Waals surface area contributed by atoms with E-state index in [1.165, 1.54) is 18.2 Å². The van der Waals surface area contributed by atoms with Gasteiger partial charge < -0.3 is 10.1 Å². The van der Waals surface area contributed by atoms with Gasteiger partial charge in [0, 0.05) is 6.04 Å². The summed E-state index contributed by atoms with van der Waals surface area (Å²) in [6.45, 7) is 7.43. The van der Waals surface area contributed by atoms with Crippen LogP contribution in [0.25, 0.3) is 0 Å². The molecule has 0 aliphatic rings. The first kappa shape index (κ1) is 23.2. The molecule has 1 atom stereocenters. The van der Waals surface area contributed by atoms with Gasteiger partial charge in [0.1, 0.15) is 5.75 Å². The molecule has 0 heterocycles. The number of carbonyl (C=O) groups is 1. The standard InChI is InChI=1S/C21H27ClN2O4S/c1-13(2)20(15-6-8-16(28-5)9-7-15)23-21(25)18-12-17(10-11-19(18)22)29(26,27)24-14(3)4/h6-14,20,24H,1-5H3,(H,23,25). The molecule has 2 aromatic rings. The number of ether oxygens (including phenoxy) is 1. The lowest BCUT2D eigenvalue weighted by molar-refractivity contribution is 0.0925. The molecular weight excluding hydrogens is 412 g/mol. The van der Waals surface area contributed by atoms with Gasteiger partial charge in [0.25, 0.3) is 5.91 Å². The molecule has 1 amide bonds. The number of amides is 1. The number of halogens is 1. The Balaban J connectivity index is 2.33. The molecular formula is C21H27ClN2O4S. The first-order valence-corrected chi connectivity index (χ1v) is 11.2. The fraction of sp³-hybridized carbons (Fsp3) is 0.381. The molecule has 0 aliphatic carbocycles. The van der Waals surface area contributed by atoms with E-state index in [1.54, 1.807) is 21.0 Å². The zero-order valence-corrected chi connectivity index (χ0v) is 18.8. The molecule has 0 saturated heterocycles. The van der Waals surface area contributed by atoms with Crippen molar-refractivity contribution in [2.45, 2.75) is 44.7 Å². The Morgan fingerprint density at radius 1 is 1.03 bits per heavy atom. The van der Waals surface area contributed by atoms with Crippen molar-refractivity contribution in [3.8, 4) is 5.75 Å². The number of hydrogen-bond donors (Lipinski definition) is 2. The first-order valence-electron chi connectivity index (χ1n) is 9.32. The van der Waals surface area contributed by atoms with Crippen LogP contribution in [0.5, 0.6) is 5.75 Å². The largest absolute Gasteiger partial charge is 0.497 e. The number of rotatable bonds is 8. The smallest absolute Gasteiger partial charge is 0.253 e. The van der Waals surface area contributed by atoms with Crippen molar-refractivity contribution in [1.29, 1.82) is 0 Å². The topological polar surface area (TPSA) is 84.5 Å². The van der Waals surface area contributed by atoms with Gasteiger partial charge in [0.2, 0.25) is 10.0 Å². The van der Waals surface area contributed by atoms with Crippen molar-refractivity contribution in [3.63, 3.8) is 0 Å². The normalized spacial score (nSPS) is 12.8. The number of hydrogen-bond acceptors (Lipinski definition) is 4. The maximum atomic E-state index is 12.9. The molecule has 8 heteroatoms. The summed E-state index contributed by atoms with van der Waals surface area (Å²) in [6, 6.07) is 11.0. The highest BCUT2D eigenvalue weighted by Crippen LogP contribution is 2.26. The molecule has 0 fully saturated rings. The van der Waals surface area contributed by atoms with Gasteiger partial charge in [-0.25, -0.2) is 13.1 Å². The van der Waals surface area contributed by atoms with Crippen LogP contribution in [-0.2, 0) is 10.0 Å². The van der Waals surface area contributed by atoms with Crippen molar-refractivity contribution >= 4 is 27.5 Å². The third kappa shape index (κ3) is 5.95. The number of methoxy groups -OCH3 is 1. The average Bonchev–Trinajstić information content (AvgIpc) is 2.65. The van der Waals surface area contributed by atoms with Crippen molar-refractivity contribution in [1.82, 2.24) is 10.0 Å². The van der Waals surface area contributed by atoms with Crippen LogP contribution in [0.4, 0.5) is 0 Å². The number of carbonyl (C=O) groups excluding carboxylic acids is 1. The Morgan fingerprint density at radius 2 is 1.66 bits per heavy atom. The van der Waals surface area contributed by atoms with Crippen LogP contribution in [0, 0.1) is 5.92 Å². The van der Waals surface area contributed by atoms with E-state index in [0.29, 0.717) is 0 Å². The molecule has 2 aromatic carbocycles. The number of sulfonamides is 1. The summed E-state index contributed by atoms with van der Waals surface area (Å²) in [5.41, 5.74) is 1.02. The van der Waals surface area contributed by atoms with E-state index >= 15 is 0 Å². The van der Waals surface area contributed by atoms with Crippen molar-refractivity contribution in [2.75, 3.05) is 7.11 Å². The van der Waals surface area contributed by atoms with E-state index in [0.717, 1.165) is 11.3 Å². The van der Waals surface area contributed by atoms with Crippen LogP contribution < -0.4 is 14.8 Å². The van der Waals surface area contributed by atoms with Gasteiger partial charge in [-0.3, -0.25) is 4.79 Å². The highest BCUT2D eigenvalue weighted by atomic mass is 35.5. The second-order valence-electron chi connectivity index (χ2n) is 7.39. The van der Waals surface area contributed by atoms with E-state index in [4.69, 9.17) is 16.3 Å². The highest BCUT2D eigenvalue weighted by Gasteiger charge is 2.23. The summed E-state index contributed by atoms with van der Waals surface area (Å²) in [4.78, 5) is 12.9. The maximum Gasteiger partial charge on any atom is 0.253 e. The first-order chi connectivity index (χ1) is 13.5. The van der Waals surface area contributed by atoms with E-state index in [2.05, 4.69) is 10.0 Å². The molecule has 0 saturated carbocycles. The Kier molecular flexibility index (Phi) is 7.68. The third-order valence-electron chi connectivity index (χ3n) is 4.31. The zero-order chi connectivity index (χ0) is 21.8. The molecule has 0 radical (unpaired) electrons. The van der Waals surface area contributed by atoms with Crippen molar-refractivity contribution in [3.05, 3.63) is 58.6 Å². The second kappa shape index (κ2) is 9.61. The SMILES string of the molecule is COc1ccc(C(NC(=O)c2cc(S(=O)(=O)NC(C)C)ccc2Cl)C(C)C)cc1. The summed E-state index contributed by atoms with van der Waals surface area (Å²) in [6.07, 6.45) is 0. The van der Waals surface area contributed by atoms with Gasteiger partial charge in [0.05, 0.1) is 28.6 Å². The summed E-state index contributed by atoms with van der Waals surface area (Å²) in [7, 11) is -2.15. The predicted molar refractivity (Wildman–Crippen MR) is 115 cm³/mol. The van der Waals surface area contributed by atoms with Crippen molar-refractivity contribution < 1.29 is 17.9 Å². The van der Waals surface area contributed by atoms with E-state index in [9.17, 15) is 13.2 Å². The minimum Gasteiger partial charge on any atom is -0.497 e. The Bertz CT molecular complexity index is 957.